The Balaban J connectivity index is 2.13. The molecule has 0 saturated carbocycles. The van der Waals surface area contributed by atoms with Crippen molar-refractivity contribution in [3.05, 3.63) is 48.4 Å². The topological polar surface area (TPSA) is 68.0 Å². The van der Waals surface area contributed by atoms with E-state index in [1.54, 1.807) is 0 Å². The predicted octanol–water partition coefficient (Wildman–Crippen LogP) is 2.33. The average molecular weight is 253 g/mol. The maximum absolute atomic E-state index is 10.7. The minimum Gasteiger partial charge on any atom is -0.476 e. The van der Waals surface area contributed by atoms with E-state index in [1.807, 2.05) is 41.9 Å². The molecule has 0 aliphatic carbocycles. The number of aryl methyl sites for hydroxylation is 1. The van der Waals surface area contributed by atoms with Crippen molar-refractivity contribution in [3.63, 3.8) is 0 Å². The third-order valence-corrected chi connectivity index (χ3v) is 3.09. The van der Waals surface area contributed by atoms with Crippen molar-refractivity contribution in [2.75, 3.05) is 0 Å². The Bertz CT molecular complexity index is 760. The summed E-state index contributed by atoms with van der Waals surface area (Å²) in [6.45, 7) is 0. The number of rotatable bonds is 2. The molecular formula is C14H11N3O2. The van der Waals surface area contributed by atoms with Crippen LogP contribution in [-0.4, -0.2) is 25.6 Å². The summed E-state index contributed by atoms with van der Waals surface area (Å²) in [5.74, 6) is -1.07. The highest BCUT2D eigenvalue weighted by Gasteiger charge is 2.10. The van der Waals surface area contributed by atoms with Crippen molar-refractivity contribution in [1.29, 1.82) is 0 Å². The molecule has 0 atom stereocenters. The van der Waals surface area contributed by atoms with Gasteiger partial charge in [0.1, 0.15) is 5.69 Å². The van der Waals surface area contributed by atoms with Gasteiger partial charge in [-0.15, -0.1) is 0 Å². The van der Waals surface area contributed by atoms with Crippen molar-refractivity contribution >= 4 is 16.9 Å². The lowest BCUT2D eigenvalue weighted by atomic mass is 10.2. The summed E-state index contributed by atoms with van der Waals surface area (Å²) in [7, 11) is 1.95. The van der Waals surface area contributed by atoms with Crippen LogP contribution < -0.4 is 0 Å². The number of hydrogen-bond acceptors (Lipinski definition) is 3. The van der Waals surface area contributed by atoms with Crippen LogP contribution in [0.15, 0.2) is 42.7 Å². The third kappa shape index (κ3) is 1.85. The van der Waals surface area contributed by atoms with Crippen LogP contribution in [0.4, 0.5) is 0 Å². The number of aromatic carboxylic acids is 1. The smallest absolute Gasteiger partial charge is 0.356 e. The zero-order chi connectivity index (χ0) is 13.4. The van der Waals surface area contributed by atoms with Gasteiger partial charge in [-0.05, 0) is 12.1 Å². The van der Waals surface area contributed by atoms with Gasteiger partial charge in [-0.25, -0.2) is 9.78 Å². The van der Waals surface area contributed by atoms with Crippen molar-refractivity contribution in [3.8, 4) is 11.4 Å². The number of nitrogens with zero attached hydrogens (tertiary/aromatic N) is 3. The van der Waals surface area contributed by atoms with Gasteiger partial charge in [-0.1, -0.05) is 18.2 Å². The van der Waals surface area contributed by atoms with Crippen LogP contribution in [0.25, 0.3) is 22.3 Å². The van der Waals surface area contributed by atoms with Crippen molar-refractivity contribution in [2.24, 2.45) is 7.05 Å². The lowest BCUT2D eigenvalue weighted by molar-refractivity contribution is 0.0690. The number of carboxylic acid groups (broad SMARTS) is 1. The summed E-state index contributed by atoms with van der Waals surface area (Å²) in [6, 6.07) is 10.0. The zero-order valence-corrected chi connectivity index (χ0v) is 10.2. The van der Waals surface area contributed by atoms with Crippen LogP contribution in [0.2, 0.25) is 0 Å². The number of carbonyl (C=O) groups is 1. The van der Waals surface area contributed by atoms with Gasteiger partial charge in [-0.2, -0.15) is 0 Å². The normalized spacial score (nSPS) is 10.8. The number of hydrogen-bond donors (Lipinski definition) is 1. The summed E-state index contributed by atoms with van der Waals surface area (Å²) in [6.07, 6.45) is 2.76. The number of para-hydroxylation sites is 1. The van der Waals surface area contributed by atoms with E-state index in [1.165, 1.54) is 12.4 Å². The molecule has 94 valence electrons. The molecule has 0 fully saturated rings. The molecule has 5 nitrogen and oxygen atoms in total. The summed E-state index contributed by atoms with van der Waals surface area (Å²) in [5, 5.41) is 9.92. The van der Waals surface area contributed by atoms with Gasteiger partial charge in [0, 0.05) is 18.0 Å². The van der Waals surface area contributed by atoms with Crippen LogP contribution in [0.5, 0.6) is 0 Å². The number of fused-ring (bicyclic) bond motifs is 1. The summed E-state index contributed by atoms with van der Waals surface area (Å²) >= 11 is 0. The maximum Gasteiger partial charge on any atom is 0.356 e. The van der Waals surface area contributed by atoms with E-state index >= 15 is 0 Å². The van der Waals surface area contributed by atoms with Gasteiger partial charge in [0.25, 0.3) is 0 Å². The van der Waals surface area contributed by atoms with Gasteiger partial charge in [0.05, 0.1) is 18.1 Å². The fraction of sp³-hybridized carbons (Fsp3) is 0.0714. The Morgan fingerprint density at radius 2 is 2.00 bits per heavy atom. The zero-order valence-electron chi connectivity index (χ0n) is 10.2. The molecule has 5 heteroatoms. The van der Waals surface area contributed by atoms with Crippen molar-refractivity contribution in [1.82, 2.24) is 14.5 Å². The monoisotopic (exact) mass is 253 g/mol. The average Bonchev–Trinajstić information content (AvgIpc) is 2.77. The second kappa shape index (κ2) is 4.20. The third-order valence-electron chi connectivity index (χ3n) is 3.09. The number of carboxylic acids is 1. The Morgan fingerprint density at radius 3 is 2.63 bits per heavy atom. The van der Waals surface area contributed by atoms with Gasteiger partial charge in [0.2, 0.25) is 0 Å². The highest BCUT2D eigenvalue weighted by atomic mass is 16.4. The molecule has 3 aromatic rings. The van der Waals surface area contributed by atoms with Crippen molar-refractivity contribution in [2.45, 2.75) is 0 Å². The first kappa shape index (κ1) is 11.4. The molecule has 0 spiro atoms. The van der Waals surface area contributed by atoms with Crippen LogP contribution in [0, 0.1) is 0 Å². The molecule has 0 aliphatic rings. The van der Waals surface area contributed by atoms with E-state index in [2.05, 4.69) is 9.97 Å². The number of benzene rings is 1. The van der Waals surface area contributed by atoms with E-state index in [0.29, 0.717) is 5.69 Å². The predicted molar refractivity (Wildman–Crippen MR) is 70.9 cm³/mol. The van der Waals surface area contributed by atoms with Crippen LogP contribution >= 0.6 is 0 Å². The van der Waals surface area contributed by atoms with E-state index in [4.69, 9.17) is 5.11 Å². The molecule has 2 aromatic heterocycles. The molecule has 3 rings (SSSR count). The van der Waals surface area contributed by atoms with E-state index in [0.717, 1.165) is 16.6 Å². The van der Waals surface area contributed by atoms with E-state index in [-0.39, 0.29) is 5.69 Å². The van der Waals surface area contributed by atoms with E-state index in [9.17, 15) is 4.79 Å². The van der Waals surface area contributed by atoms with Gasteiger partial charge >= 0.3 is 5.97 Å². The Morgan fingerprint density at radius 1 is 1.21 bits per heavy atom. The molecular weight excluding hydrogens is 242 g/mol. The molecule has 2 heterocycles. The minimum atomic E-state index is -1.07. The van der Waals surface area contributed by atoms with Gasteiger partial charge in [-0.3, -0.25) is 4.98 Å². The lowest BCUT2D eigenvalue weighted by Gasteiger charge is -2.03. The first-order valence-corrected chi connectivity index (χ1v) is 5.77. The maximum atomic E-state index is 10.7. The minimum absolute atomic E-state index is 0.0532. The van der Waals surface area contributed by atoms with Gasteiger partial charge < -0.3 is 9.67 Å². The van der Waals surface area contributed by atoms with E-state index < -0.39 is 5.97 Å². The molecule has 0 saturated heterocycles. The molecule has 19 heavy (non-hydrogen) atoms. The Hall–Kier alpha value is -2.69. The highest BCUT2D eigenvalue weighted by molar-refractivity contribution is 5.87. The largest absolute Gasteiger partial charge is 0.476 e. The standard InChI is InChI=1S/C14H11N3O2/c1-17-12-5-3-2-4-9(12)6-13(17)10-7-16-11(8-15-10)14(18)19/h2-8H,1H3,(H,18,19). The summed E-state index contributed by atoms with van der Waals surface area (Å²) < 4.78 is 2.01. The summed E-state index contributed by atoms with van der Waals surface area (Å²) in [5.41, 5.74) is 2.61. The Kier molecular flexibility index (Phi) is 2.52. The second-order valence-electron chi connectivity index (χ2n) is 4.24. The SMILES string of the molecule is Cn1c(-c2cnc(C(=O)O)cn2)cc2ccccc21. The fourth-order valence-electron chi connectivity index (χ4n) is 2.11. The Labute approximate surface area is 109 Å². The van der Waals surface area contributed by atoms with Crippen LogP contribution in [0.1, 0.15) is 10.5 Å². The van der Waals surface area contributed by atoms with Crippen LogP contribution in [-0.2, 0) is 7.05 Å². The quantitative estimate of drug-likeness (QED) is 0.761. The molecule has 0 aliphatic heterocycles. The first-order chi connectivity index (χ1) is 9.16. The lowest BCUT2D eigenvalue weighted by Crippen LogP contribution is -2.02. The first-order valence-electron chi connectivity index (χ1n) is 5.77. The molecule has 0 radical (unpaired) electrons. The second-order valence-corrected chi connectivity index (χ2v) is 4.24. The molecule has 1 aromatic carbocycles. The van der Waals surface area contributed by atoms with Crippen LogP contribution in [0.3, 0.4) is 0 Å². The molecule has 0 unspecified atom stereocenters. The molecule has 1 N–H and O–H groups in total. The molecule has 0 bridgehead atoms. The van der Waals surface area contributed by atoms with Crippen molar-refractivity contribution < 1.29 is 9.90 Å². The molecule has 0 amide bonds. The number of aromatic nitrogens is 3. The highest BCUT2D eigenvalue weighted by Crippen LogP contribution is 2.25. The fourth-order valence-corrected chi connectivity index (χ4v) is 2.11. The van der Waals surface area contributed by atoms with Gasteiger partial charge in [0.15, 0.2) is 5.69 Å². The summed E-state index contributed by atoms with van der Waals surface area (Å²) in [4.78, 5) is 18.8.